The average Bonchev–Trinajstić information content (AvgIpc) is 2.96. The number of hydrogen-bond acceptors (Lipinski definition) is 2. The van der Waals surface area contributed by atoms with Gasteiger partial charge >= 0.3 is 5.97 Å². The fourth-order valence-corrected chi connectivity index (χ4v) is 2.09. The van der Waals surface area contributed by atoms with E-state index in [4.69, 9.17) is 4.42 Å². The lowest BCUT2D eigenvalue weighted by atomic mass is 10.0. The second-order valence-electron chi connectivity index (χ2n) is 5.78. The van der Waals surface area contributed by atoms with Crippen LogP contribution in [0.1, 0.15) is 52.0 Å². The van der Waals surface area contributed by atoms with Gasteiger partial charge in [-0.25, -0.2) is 4.79 Å². The molecule has 0 amide bonds. The zero-order valence-corrected chi connectivity index (χ0v) is 13.8. The van der Waals surface area contributed by atoms with E-state index in [2.05, 4.69) is 19.1 Å². The van der Waals surface area contributed by atoms with Crippen LogP contribution < -0.4 is 0 Å². The molecule has 1 N–H and O–H groups in total. The van der Waals surface area contributed by atoms with E-state index in [-0.39, 0.29) is 0 Å². The molecular formula is C19H26O3. The van der Waals surface area contributed by atoms with Gasteiger partial charge in [0.15, 0.2) is 0 Å². The van der Waals surface area contributed by atoms with Crippen LogP contribution in [-0.4, -0.2) is 11.1 Å². The Morgan fingerprint density at radius 1 is 1.14 bits per heavy atom. The van der Waals surface area contributed by atoms with Crippen LogP contribution in [0.25, 0.3) is 0 Å². The maximum Gasteiger partial charge on any atom is 0.331 e. The lowest BCUT2D eigenvalue weighted by Crippen LogP contribution is -2.00. The number of carboxylic acid groups (broad SMARTS) is 1. The van der Waals surface area contributed by atoms with Crippen LogP contribution in [0.5, 0.6) is 0 Å². The van der Waals surface area contributed by atoms with Crippen molar-refractivity contribution in [1.29, 1.82) is 0 Å². The molecule has 0 radical (unpaired) electrons. The first-order chi connectivity index (χ1) is 10.5. The number of carbonyl (C=O) groups is 1. The normalized spacial score (nSPS) is 12.3. The van der Waals surface area contributed by atoms with Crippen molar-refractivity contribution in [3.05, 3.63) is 59.1 Å². The SMILES string of the molecule is CC(C)=CCCC(=CCCC(C)=CCc1ccoc1)C(=O)O. The molecule has 3 heteroatoms. The van der Waals surface area contributed by atoms with Crippen molar-refractivity contribution >= 4 is 5.97 Å². The quantitative estimate of drug-likeness (QED) is 0.497. The number of hydrogen-bond donors (Lipinski definition) is 1. The van der Waals surface area contributed by atoms with Gasteiger partial charge in [0.2, 0.25) is 0 Å². The summed E-state index contributed by atoms with van der Waals surface area (Å²) in [5, 5.41) is 9.22. The molecule has 1 aromatic heterocycles. The van der Waals surface area contributed by atoms with E-state index in [1.807, 2.05) is 26.0 Å². The second kappa shape index (κ2) is 9.82. The molecule has 0 fully saturated rings. The highest BCUT2D eigenvalue weighted by Gasteiger charge is 2.05. The van der Waals surface area contributed by atoms with E-state index in [9.17, 15) is 9.90 Å². The van der Waals surface area contributed by atoms with Crippen LogP contribution >= 0.6 is 0 Å². The molecule has 0 saturated carbocycles. The molecule has 3 nitrogen and oxygen atoms in total. The smallest absolute Gasteiger partial charge is 0.331 e. The van der Waals surface area contributed by atoms with Crippen molar-refractivity contribution < 1.29 is 14.3 Å². The first kappa shape index (κ1) is 18.0. The van der Waals surface area contributed by atoms with Gasteiger partial charge in [0.25, 0.3) is 0 Å². The van der Waals surface area contributed by atoms with Crippen LogP contribution in [0.3, 0.4) is 0 Å². The molecular weight excluding hydrogens is 276 g/mol. The van der Waals surface area contributed by atoms with E-state index in [0.29, 0.717) is 12.0 Å². The van der Waals surface area contributed by atoms with Crippen LogP contribution in [-0.2, 0) is 11.2 Å². The van der Waals surface area contributed by atoms with Crippen molar-refractivity contribution in [1.82, 2.24) is 0 Å². The Kier molecular flexibility index (Phi) is 8.05. The van der Waals surface area contributed by atoms with Crippen molar-refractivity contribution in [2.75, 3.05) is 0 Å². The molecule has 0 aliphatic heterocycles. The molecule has 0 atom stereocenters. The maximum atomic E-state index is 11.2. The van der Waals surface area contributed by atoms with Gasteiger partial charge < -0.3 is 9.52 Å². The van der Waals surface area contributed by atoms with Gasteiger partial charge in [0, 0.05) is 5.57 Å². The summed E-state index contributed by atoms with van der Waals surface area (Å²) in [5.74, 6) is -0.804. The number of furan rings is 1. The van der Waals surface area contributed by atoms with Gasteiger partial charge in [0.1, 0.15) is 0 Å². The van der Waals surface area contributed by atoms with Crippen molar-refractivity contribution in [2.24, 2.45) is 0 Å². The topological polar surface area (TPSA) is 50.4 Å². The standard InChI is InChI=1S/C19H26O3/c1-15(2)6-4-8-18(19(20)21)9-5-7-16(3)10-11-17-12-13-22-14-17/h6,9-10,12-14H,4-5,7-8,11H2,1-3H3,(H,20,21). The summed E-state index contributed by atoms with van der Waals surface area (Å²) < 4.78 is 5.03. The Hall–Kier alpha value is -2.03. The predicted molar refractivity (Wildman–Crippen MR) is 89.8 cm³/mol. The minimum atomic E-state index is -0.804. The fraction of sp³-hybridized carbons (Fsp3) is 0.421. The van der Waals surface area contributed by atoms with E-state index >= 15 is 0 Å². The zero-order valence-electron chi connectivity index (χ0n) is 13.8. The Bertz CT molecular complexity index is 541. The van der Waals surface area contributed by atoms with Crippen molar-refractivity contribution in [3.63, 3.8) is 0 Å². The van der Waals surface area contributed by atoms with Crippen molar-refractivity contribution in [3.8, 4) is 0 Å². The van der Waals surface area contributed by atoms with Crippen molar-refractivity contribution in [2.45, 2.75) is 52.9 Å². The summed E-state index contributed by atoms with van der Waals surface area (Å²) in [4.78, 5) is 11.2. The molecule has 0 saturated heterocycles. The molecule has 1 heterocycles. The monoisotopic (exact) mass is 302 g/mol. The van der Waals surface area contributed by atoms with E-state index in [1.54, 1.807) is 12.5 Å². The van der Waals surface area contributed by atoms with E-state index in [0.717, 1.165) is 31.2 Å². The van der Waals surface area contributed by atoms with Gasteiger partial charge in [-0.2, -0.15) is 0 Å². The van der Waals surface area contributed by atoms with E-state index < -0.39 is 5.97 Å². The number of aliphatic carboxylic acids is 1. The third kappa shape index (κ3) is 7.67. The Morgan fingerprint density at radius 2 is 1.86 bits per heavy atom. The molecule has 0 aliphatic carbocycles. The average molecular weight is 302 g/mol. The van der Waals surface area contributed by atoms with Gasteiger partial charge in [0.05, 0.1) is 12.5 Å². The number of carboxylic acids is 1. The Balaban J connectivity index is 2.43. The van der Waals surface area contributed by atoms with Gasteiger partial charge in [-0.05, 0) is 64.5 Å². The lowest BCUT2D eigenvalue weighted by molar-refractivity contribution is -0.132. The summed E-state index contributed by atoms with van der Waals surface area (Å²) in [5.41, 5.74) is 4.16. The molecule has 0 aromatic carbocycles. The minimum Gasteiger partial charge on any atom is -0.478 e. The van der Waals surface area contributed by atoms with Crippen LogP contribution in [0, 0.1) is 0 Å². The Morgan fingerprint density at radius 3 is 2.45 bits per heavy atom. The molecule has 120 valence electrons. The number of rotatable bonds is 9. The lowest BCUT2D eigenvalue weighted by Gasteiger charge is -2.02. The van der Waals surface area contributed by atoms with Crippen LogP contribution in [0.4, 0.5) is 0 Å². The zero-order chi connectivity index (χ0) is 16.4. The van der Waals surface area contributed by atoms with Gasteiger partial charge in [-0.1, -0.05) is 29.4 Å². The fourth-order valence-electron chi connectivity index (χ4n) is 2.09. The summed E-state index contributed by atoms with van der Waals surface area (Å²) >= 11 is 0. The summed E-state index contributed by atoms with van der Waals surface area (Å²) in [6.07, 6.45) is 13.4. The molecule has 22 heavy (non-hydrogen) atoms. The molecule has 1 aromatic rings. The maximum absolute atomic E-state index is 11.2. The van der Waals surface area contributed by atoms with Crippen LogP contribution in [0.2, 0.25) is 0 Å². The first-order valence-electron chi connectivity index (χ1n) is 7.71. The van der Waals surface area contributed by atoms with Crippen LogP contribution in [0.15, 0.2) is 58.0 Å². The molecule has 1 rings (SSSR count). The third-order valence-electron chi connectivity index (χ3n) is 3.44. The Labute approximate surface area is 133 Å². The predicted octanol–water partition coefficient (Wildman–Crippen LogP) is 5.31. The minimum absolute atomic E-state index is 0.514. The second-order valence-corrected chi connectivity index (χ2v) is 5.78. The third-order valence-corrected chi connectivity index (χ3v) is 3.44. The largest absolute Gasteiger partial charge is 0.478 e. The molecule has 0 spiro atoms. The first-order valence-corrected chi connectivity index (χ1v) is 7.71. The van der Waals surface area contributed by atoms with Gasteiger partial charge in [-0.3, -0.25) is 0 Å². The molecule has 0 aliphatic rings. The molecule has 0 bridgehead atoms. The highest BCUT2D eigenvalue weighted by Crippen LogP contribution is 2.13. The highest BCUT2D eigenvalue weighted by molar-refractivity contribution is 5.86. The van der Waals surface area contributed by atoms with E-state index in [1.165, 1.54) is 11.1 Å². The molecule has 0 unspecified atom stereocenters. The summed E-state index contributed by atoms with van der Waals surface area (Å²) in [6, 6.07) is 1.95. The highest BCUT2D eigenvalue weighted by atomic mass is 16.4. The summed E-state index contributed by atoms with van der Waals surface area (Å²) in [7, 11) is 0. The summed E-state index contributed by atoms with van der Waals surface area (Å²) in [6.45, 7) is 6.13. The number of allylic oxidation sites excluding steroid dienone is 5. The van der Waals surface area contributed by atoms with Gasteiger partial charge in [-0.15, -0.1) is 0 Å².